The summed E-state index contributed by atoms with van der Waals surface area (Å²) < 4.78 is 5.22. The molecule has 0 bridgehead atoms. The third kappa shape index (κ3) is 2.55. The van der Waals surface area contributed by atoms with Crippen LogP contribution in [0.2, 0.25) is 0 Å². The molecular weight excluding hydrogens is 188 g/mol. The van der Waals surface area contributed by atoms with Crippen LogP contribution in [0.5, 0.6) is 0 Å². The minimum absolute atomic E-state index is 0.309. The Kier molecular flexibility index (Phi) is 3.03. The van der Waals surface area contributed by atoms with Gasteiger partial charge in [-0.25, -0.2) is 0 Å². The van der Waals surface area contributed by atoms with Crippen LogP contribution in [0.3, 0.4) is 0 Å². The number of hydrogen-bond acceptors (Lipinski definition) is 3. The molecular formula is C12H18N2O. The van der Waals surface area contributed by atoms with Crippen molar-refractivity contribution in [2.45, 2.75) is 19.9 Å². The second-order valence-corrected chi connectivity index (χ2v) is 4.66. The molecule has 1 aliphatic heterocycles. The molecule has 0 unspecified atom stereocenters. The summed E-state index contributed by atoms with van der Waals surface area (Å²) in [4.78, 5) is 4.33. The Morgan fingerprint density at radius 2 is 2.33 bits per heavy atom. The zero-order valence-electron chi connectivity index (χ0n) is 9.36. The summed E-state index contributed by atoms with van der Waals surface area (Å²) in [6, 6.07) is 6.33. The highest BCUT2D eigenvalue weighted by Crippen LogP contribution is 2.26. The fourth-order valence-corrected chi connectivity index (χ4v) is 1.69. The molecule has 1 aromatic rings. The summed E-state index contributed by atoms with van der Waals surface area (Å²) >= 11 is 0. The van der Waals surface area contributed by atoms with Gasteiger partial charge in [0.05, 0.1) is 18.9 Å². The highest BCUT2D eigenvalue weighted by atomic mass is 16.5. The van der Waals surface area contributed by atoms with Crippen molar-refractivity contribution in [2.75, 3.05) is 19.8 Å². The van der Waals surface area contributed by atoms with Gasteiger partial charge < -0.3 is 10.1 Å². The quantitative estimate of drug-likeness (QED) is 0.815. The number of nitrogens with one attached hydrogen (secondary N) is 1. The fourth-order valence-electron chi connectivity index (χ4n) is 1.69. The predicted molar refractivity (Wildman–Crippen MR) is 59.6 cm³/mol. The van der Waals surface area contributed by atoms with Gasteiger partial charge in [-0.3, -0.25) is 4.98 Å². The minimum atomic E-state index is 0.309. The van der Waals surface area contributed by atoms with Crippen molar-refractivity contribution >= 4 is 0 Å². The number of aromatic nitrogens is 1. The van der Waals surface area contributed by atoms with Crippen LogP contribution in [0.1, 0.15) is 25.6 Å². The van der Waals surface area contributed by atoms with Crippen molar-refractivity contribution in [1.29, 1.82) is 0 Å². The Labute approximate surface area is 90.9 Å². The first-order valence-corrected chi connectivity index (χ1v) is 5.42. The summed E-state index contributed by atoms with van der Waals surface area (Å²) in [6.45, 7) is 7.12. The standard InChI is InChI=1S/C12H18N2O/c1-10(11-5-3-4-6-13-11)14-7-12(2)8-15-9-12/h3-6,10,14H,7-9H2,1-2H3/t10-/m0/s1. The van der Waals surface area contributed by atoms with Gasteiger partial charge in [-0.1, -0.05) is 13.0 Å². The molecule has 82 valence electrons. The number of nitrogens with zero attached hydrogens (tertiary/aromatic N) is 1. The first-order valence-electron chi connectivity index (χ1n) is 5.42. The van der Waals surface area contributed by atoms with Crippen molar-refractivity contribution < 1.29 is 4.74 Å². The van der Waals surface area contributed by atoms with E-state index in [4.69, 9.17) is 4.74 Å². The average Bonchev–Trinajstić information content (AvgIpc) is 2.24. The molecule has 0 aliphatic carbocycles. The second-order valence-electron chi connectivity index (χ2n) is 4.66. The van der Waals surface area contributed by atoms with Gasteiger partial charge in [-0.2, -0.15) is 0 Å². The maximum absolute atomic E-state index is 5.22. The molecule has 0 aromatic carbocycles. The molecule has 15 heavy (non-hydrogen) atoms. The van der Waals surface area contributed by atoms with E-state index < -0.39 is 0 Å². The first kappa shape index (κ1) is 10.6. The van der Waals surface area contributed by atoms with Gasteiger partial charge in [0, 0.05) is 24.2 Å². The Balaban J connectivity index is 1.85. The summed E-state index contributed by atoms with van der Waals surface area (Å²) in [5.41, 5.74) is 1.42. The van der Waals surface area contributed by atoms with E-state index >= 15 is 0 Å². The van der Waals surface area contributed by atoms with Gasteiger partial charge in [0.15, 0.2) is 0 Å². The summed E-state index contributed by atoms with van der Waals surface area (Å²) in [5.74, 6) is 0. The Morgan fingerprint density at radius 3 is 2.87 bits per heavy atom. The van der Waals surface area contributed by atoms with Crippen LogP contribution >= 0.6 is 0 Å². The summed E-state index contributed by atoms with van der Waals surface area (Å²) in [5, 5.41) is 3.50. The van der Waals surface area contributed by atoms with E-state index in [0.717, 1.165) is 25.5 Å². The zero-order chi connectivity index (χ0) is 10.7. The lowest BCUT2D eigenvalue weighted by Crippen LogP contribution is -2.47. The molecule has 1 aliphatic rings. The van der Waals surface area contributed by atoms with Crippen molar-refractivity contribution in [1.82, 2.24) is 10.3 Å². The fraction of sp³-hybridized carbons (Fsp3) is 0.583. The monoisotopic (exact) mass is 206 g/mol. The topological polar surface area (TPSA) is 34.1 Å². The third-order valence-corrected chi connectivity index (χ3v) is 2.87. The normalized spacial score (nSPS) is 20.7. The van der Waals surface area contributed by atoms with Crippen LogP contribution in [-0.4, -0.2) is 24.7 Å². The molecule has 0 spiro atoms. The van der Waals surface area contributed by atoms with Crippen molar-refractivity contribution in [3.8, 4) is 0 Å². The Bertz CT molecular complexity index is 309. The minimum Gasteiger partial charge on any atom is -0.380 e. The average molecular weight is 206 g/mol. The molecule has 1 N–H and O–H groups in total. The van der Waals surface area contributed by atoms with Gasteiger partial charge >= 0.3 is 0 Å². The van der Waals surface area contributed by atoms with Crippen molar-refractivity contribution in [3.05, 3.63) is 30.1 Å². The van der Waals surface area contributed by atoms with Gasteiger partial charge in [0.2, 0.25) is 0 Å². The van der Waals surface area contributed by atoms with Crippen molar-refractivity contribution in [3.63, 3.8) is 0 Å². The molecule has 0 amide bonds. The van der Waals surface area contributed by atoms with E-state index in [-0.39, 0.29) is 0 Å². The summed E-state index contributed by atoms with van der Waals surface area (Å²) in [7, 11) is 0. The largest absolute Gasteiger partial charge is 0.380 e. The maximum Gasteiger partial charge on any atom is 0.0570 e. The van der Waals surface area contributed by atoms with Gasteiger partial charge in [-0.05, 0) is 19.1 Å². The van der Waals surface area contributed by atoms with Crippen LogP contribution in [0.4, 0.5) is 0 Å². The first-order chi connectivity index (χ1) is 7.20. The van der Waals surface area contributed by atoms with Gasteiger partial charge in [0.25, 0.3) is 0 Å². The molecule has 2 rings (SSSR count). The van der Waals surface area contributed by atoms with Crippen LogP contribution in [0.25, 0.3) is 0 Å². The van der Waals surface area contributed by atoms with E-state index in [2.05, 4.69) is 30.2 Å². The Hall–Kier alpha value is -0.930. The zero-order valence-corrected chi connectivity index (χ0v) is 9.36. The van der Waals surface area contributed by atoms with E-state index in [0.29, 0.717) is 11.5 Å². The highest BCUT2D eigenvalue weighted by Gasteiger charge is 2.33. The number of pyridine rings is 1. The Morgan fingerprint density at radius 1 is 1.53 bits per heavy atom. The molecule has 3 nitrogen and oxygen atoms in total. The second kappa shape index (κ2) is 4.29. The van der Waals surface area contributed by atoms with Crippen LogP contribution in [-0.2, 0) is 4.74 Å². The van der Waals surface area contributed by atoms with E-state index in [9.17, 15) is 0 Å². The number of ether oxygens (including phenoxy) is 1. The lowest BCUT2D eigenvalue weighted by atomic mass is 9.88. The highest BCUT2D eigenvalue weighted by molar-refractivity contribution is 5.07. The van der Waals surface area contributed by atoms with Gasteiger partial charge in [-0.15, -0.1) is 0 Å². The SMILES string of the molecule is C[C@H](NCC1(C)COC1)c1ccccn1. The predicted octanol–water partition coefficient (Wildman–Crippen LogP) is 1.77. The van der Waals surface area contributed by atoms with E-state index in [1.807, 2.05) is 18.3 Å². The lowest BCUT2D eigenvalue weighted by Gasteiger charge is -2.38. The van der Waals surface area contributed by atoms with Crippen LogP contribution in [0.15, 0.2) is 24.4 Å². The molecule has 1 aromatic heterocycles. The molecule has 1 saturated heterocycles. The molecule has 2 heterocycles. The van der Waals surface area contributed by atoms with E-state index in [1.54, 1.807) is 0 Å². The van der Waals surface area contributed by atoms with Crippen molar-refractivity contribution in [2.24, 2.45) is 5.41 Å². The summed E-state index contributed by atoms with van der Waals surface area (Å²) in [6.07, 6.45) is 1.84. The molecule has 0 saturated carbocycles. The molecule has 1 atom stereocenters. The lowest BCUT2D eigenvalue weighted by molar-refractivity contribution is -0.0999. The molecule has 1 fully saturated rings. The molecule has 0 radical (unpaired) electrons. The third-order valence-electron chi connectivity index (χ3n) is 2.87. The van der Waals surface area contributed by atoms with E-state index in [1.165, 1.54) is 0 Å². The van der Waals surface area contributed by atoms with Crippen LogP contribution in [0, 0.1) is 5.41 Å². The molecule has 3 heteroatoms. The van der Waals surface area contributed by atoms with Gasteiger partial charge in [0.1, 0.15) is 0 Å². The number of hydrogen-bond donors (Lipinski definition) is 1. The maximum atomic E-state index is 5.22. The van der Waals surface area contributed by atoms with Crippen LogP contribution < -0.4 is 5.32 Å². The smallest absolute Gasteiger partial charge is 0.0570 e. The number of rotatable bonds is 4.